The third-order valence-corrected chi connectivity index (χ3v) is 1.74. The molecule has 0 radical (unpaired) electrons. The van der Waals surface area contributed by atoms with E-state index in [9.17, 15) is 9.18 Å². The maximum absolute atomic E-state index is 12.1. The van der Waals surface area contributed by atoms with Gasteiger partial charge in [0.15, 0.2) is 0 Å². The lowest BCUT2D eigenvalue weighted by Crippen LogP contribution is -2.21. The van der Waals surface area contributed by atoms with E-state index in [1.807, 2.05) is 0 Å². The van der Waals surface area contributed by atoms with Crippen LogP contribution in [0.3, 0.4) is 0 Å². The molecule has 0 saturated carbocycles. The Bertz CT molecular complexity index is 316. The quantitative estimate of drug-likeness (QED) is 0.596. The Hall–Kier alpha value is -1.12. The molecule has 0 aromatic carbocycles. The van der Waals surface area contributed by atoms with Crippen LogP contribution in [0.15, 0.2) is 16.9 Å². The molecule has 0 aliphatic rings. The van der Waals surface area contributed by atoms with E-state index in [-0.39, 0.29) is 5.56 Å². The highest BCUT2D eigenvalue weighted by Crippen LogP contribution is 1.98. The van der Waals surface area contributed by atoms with Gasteiger partial charge in [-0.15, -0.1) is 0 Å². The Kier molecular flexibility index (Phi) is 2.08. The zero-order valence-corrected chi connectivity index (χ0v) is 6.60. The lowest BCUT2D eigenvalue weighted by molar-refractivity contribution is 0.460. The first-order valence-corrected chi connectivity index (χ1v) is 3.38. The van der Waals surface area contributed by atoms with E-state index >= 15 is 0 Å². The third kappa shape index (κ3) is 1.31. The van der Waals surface area contributed by atoms with Crippen LogP contribution < -0.4 is 5.56 Å². The number of aryl methyl sites for hydroxylation is 1. The Morgan fingerprint density at radius 1 is 1.55 bits per heavy atom. The summed E-state index contributed by atoms with van der Waals surface area (Å²) in [5.74, 6) is 0. The molecule has 0 atom stereocenters. The molecule has 0 spiro atoms. The van der Waals surface area contributed by atoms with E-state index in [1.165, 1.54) is 4.57 Å². The van der Waals surface area contributed by atoms with Gasteiger partial charge in [0.25, 0.3) is 5.56 Å². The van der Waals surface area contributed by atoms with Gasteiger partial charge < -0.3 is 4.57 Å². The Morgan fingerprint density at radius 3 is 2.73 bits per heavy atom. The average Bonchev–Trinajstić information content (AvgIpc) is 2.01. The molecule has 0 N–H and O–H groups in total. The molecule has 3 heteroatoms. The lowest BCUT2D eigenvalue weighted by atomic mass is 10.2. The normalized spacial score (nSPS) is 10.1. The maximum atomic E-state index is 12.1. The fraction of sp³-hybridized carbons (Fsp3) is 0.375. The Morgan fingerprint density at radius 2 is 2.18 bits per heavy atom. The number of hydrogen-bond donors (Lipinski definition) is 0. The van der Waals surface area contributed by atoms with Gasteiger partial charge in [0.05, 0.1) is 5.69 Å². The predicted octanol–water partition coefficient (Wildman–Crippen LogP) is 1.16. The second-order valence-electron chi connectivity index (χ2n) is 2.51. The molecule has 0 amide bonds. The second kappa shape index (κ2) is 2.86. The van der Waals surface area contributed by atoms with Gasteiger partial charge in [-0.25, -0.2) is 4.39 Å². The molecule has 0 unspecified atom stereocenters. The van der Waals surface area contributed by atoms with Gasteiger partial charge in [0.2, 0.25) is 0 Å². The summed E-state index contributed by atoms with van der Waals surface area (Å²) in [4.78, 5) is 11.1. The Balaban J connectivity index is 3.37. The number of pyridine rings is 1. The first-order valence-electron chi connectivity index (χ1n) is 3.38. The fourth-order valence-corrected chi connectivity index (χ4v) is 0.933. The SMILES string of the molecule is Cc1ccc(CF)n(C)c1=O. The van der Waals surface area contributed by atoms with Crippen LogP contribution in [-0.2, 0) is 13.7 Å². The molecule has 0 fully saturated rings. The molecule has 0 saturated heterocycles. The van der Waals surface area contributed by atoms with Gasteiger partial charge in [-0.3, -0.25) is 4.79 Å². The summed E-state index contributed by atoms with van der Waals surface area (Å²) in [7, 11) is 1.57. The fourth-order valence-electron chi connectivity index (χ4n) is 0.933. The van der Waals surface area contributed by atoms with E-state index < -0.39 is 6.67 Å². The van der Waals surface area contributed by atoms with E-state index in [0.717, 1.165) is 0 Å². The third-order valence-electron chi connectivity index (χ3n) is 1.74. The van der Waals surface area contributed by atoms with Crippen molar-refractivity contribution in [1.29, 1.82) is 0 Å². The van der Waals surface area contributed by atoms with Crippen LogP contribution in [0.4, 0.5) is 4.39 Å². The van der Waals surface area contributed by atoms with Gasteiger partial charge in [0.1, 0.15) is 6.67 Å². The van der Waals surface area contributed by atoms with Gasteiger partial charge in [0, 0.05) is 12.6 Å². The lowest BCUT2D eigenvalue weighted by Gasteiger charge is -2.03. The van der Waals surface area contributed by atoms with Crippen molar-refractivity contribution in [2.24, 2.45) is 7.05 Å². The van der Waals surface area contributed by atoms with Crippen LogP contribution in [0.25, 0.3) is 0 Å². The largest absolute Gasteiger partial charge is 0.313 e. The van der Waals surface area contributed by atoms with Crippen LogP contribution in [0.2, 0.25) is 0 Å². The minimum atomic E-state index is -0.591. The van der Waals surface area contributed by atoms with Crippen molar-refractivity contribution in [3.8, 4) is 0 Å². The van der Waals surface area contributed by atoms with Crippen molar-refractivity contribution in [3.05, 3.63) is 33.7 Å². The van der Waals surface area contributed by atoms with Crippen molar-refractivity contribution in [1.82, 2.24) is 4.57 Å². The molecule has 0 aliphatic carbocycles. The van der Waals surface area contributed by atoms with Crippen molar-refractivity contribution in [2.75, 3.05) is 0 Å². The number of rotatable bonds is 1. The zero-order valence-electron chi connectivity index (χ0n) is 6.60. The molecular weight excluding hydrogens is 145 g/mol. The molecule has 1 heterocycles. The average molecular weight is 155 g/mol. The smallest absolute Gasteiger partial charge is 0.253 e. The van der Waals surface area contributed by atoms with Crippen molar-refractivity contribution < 1.29 is 4.39 Å². The molecule has 1 aromatic rings. The first-order chi connectivity index (χ1) is 5.16. The summed E-state index contributed by atoms with van der Waals surface area (Å²) in [5.41, 5.74) is 0.936. The van der Waals surface area contributed by atoms with Crippen LogP contribution in [0.5, 0.6) is 0 Å². The van der Waals surface area contributed by atoms with Crippen molar-refractivity contribution in [3.63, 3.8) is 0 Å². The van der Waals surface area contributed by atoms with Gasteiger partial charge >= 0.3 is 0 Å². The van der Waals surface area contributed by atoms with Crippen LogP contribution in [-0.4, -0.2) is 4.57 Å². The number of nitrogens with zero attached hydrogens (tertiary/aromatic N) is 1. The maximum Gasteiger partial charge on any atom is 0.253 e. The molecule has 11 heavy (non-hydrogen) atoms. The molecule has 0 bridgehead atoms. The summed E-state index contributed by atoms with van der Waals surface area (Å²) in [6, 6.07) is 3.26. The highest BCUT2D eigenvalue weighted by atomic mass is 19.1. The van der Waals surface area contributed by atoms with Crippen molar-refractivity contribution >= 4 is 0 Å². The molecule has 60 valence electrons. The monoisotopic (exact) mass is 155 g/mol. The van der Waals surface area contributed by atoms with Gasteiger partial charge in [-0.2, -0.15) is 0 Å². The molecular formula is C8H10FNO. The van der Waals surface area contributed by atoms with E-state index in [0.29, 0.717) is 11.3 Å². The molecule has 2 nitrogen and oxygen atoms in total. The number of hydrogen-bond acceptors (Lipinski definition) is 1. The Labute approximate surface area is 64.3 Å². The summed E-state index contributed by atoms with van der Waals surface area (Å²) < 4.78 is 13.5. The zero-order chi connectivity index (χ0) is 8.43. The van der Waals surface area contributed by atoms with E-state index in [1.54, 1.807) is 26.1 Å². The number of aromatic nitrogens is 1. The predicted molar refractivity (Wildman–Crippen MR) is 41.2 cm³/mol. The highest BCUT2D eigenvalue weighted by Gasteiger charge is 2.00. The van der Waals surface area contributed by atoms with Crippen LogP contribution >= 0.6 is 0 Å². The summed E-state index contributed by atoms with van der Waals surface area (Å²) in [6.07, 6.45) is 0. The van der Waals surface area contributed by atoms with Crippen molar-refractivity contribution in [2.45, 2.75) is 13.6 Å². The van der Waals surface area contributed by atoms with Crippen LogP contribution in [0, 0.1) is 6.92 Å². The summed E-state index contributed by atoms with van der Waals surface area (Å²) in [5, 5.41) is 0. The summed E-state index contributed by atoms with van der Waals surface area (Å²) in [6.45, 7) is 1.12. The molecule has 1 aromatic heterocycles. The topological polar surface area (TPSA) is 22.0 Å². The van der Waals surface area contributed by atoms with E-state index in [4.69, 9.17) is 0 Å². The molecule has 1 rings (SSSR count). The minimum absolute atomic E-state index is 0.125. The second-order valence-corrected chi connectivity index (χ2v) is 2.51. The van der Waals surface area contributed by atoms with Gasteiger partial charge in [-0.1, -0.05) is 6.07 Å². The highest BCUT2D eigenvalue weighted by molar-refractivity contribution is 5.13. The number of alkyl halides is 1. The van der Waals surface area contributed by atoms with Crippen LogP contribution in [0.1, 0.15) is 11.3 Å². The minimum Gasteiger partial charge on any atom is -0.313 e. The number of halogens is 1. The first kappa shape index (κ1) is 7.98. The molecule has 0 aliphatic heterocycles. The van der Waals surface area contributed by atoms with E-state index in [2.05, 4.69) is 0 Å². The standard InChI is InChI=1S/C8H10FNO/c1-6-3-4-7(5-9)10(2)8(6)11/h3-4H,5H2,1-2H3. The summed E-state index contributed by atoms with van der Waals surface area (Å²) >= 11 is 0. The van der Waals surface area contributed by atoms with Gasteiger partial charge in [-0.05, 0) is 13.0 Å².